The van der Waals surface area contributed by atoms with Crippen molar-refractivity contribution in [2.45, 2.75) is 117 Å². The lowest BCUT2D eigenvalue weighted by Gasteiger charge is -2.22. The normalized spacial score (nSPS) is 18.0. The monoisotopic (exact) mass is 1050 g/mol. The minimum Gasteiger partial charge on any atom is -0.478 e. The maximum atomic E-state index is 13.3. The van der Waals surface area contributed by atoms with E-state index in [1.165, 1.54) is 18.2 Å². The van der Waals surface area contributed by atoms with Crippen LogP contribution in [-0.4, -0.2) is 60.1 Å². The van der Waals surface area contributed by atoms with Crippen LogP contribution in [0.1, 0.15) is 131 Å². The number of fused-ring (bicyclic) bond motifs is 2. The van der Waals surface area contributed by atoms with Crippen molar-refractivity contribution in [2.75, 3.05) is 0 Å². The molecule has 4 unspecified atom stereocenters. The van der Waals surface area contributed by atoms with Gasteiger partial charge in [0, 0.05) is 26.7 Å². The van der Waals surface area contributed by atoms with Gasteiger partial charge >= 0.3 is 17.9 Å². The van der Waals surface area contributed by atoms with Crippen LogP contribution in [0.3, 0.4) is 0 Å². The van der Waals surface area contributed by atoms with Gasteiger partial charge in [-0.2, -0.15) is 0 Å². The molecule has 5 atom stereocenters. The lowest BCUT2D eigenvalue weighted by molar-refractivity contribution is -0.160. The third-order valence-electron chi connectivity index (χ3n) is 13.5. The van der Waals surface area contributed by atoms with Gasteiger partial charge in [-0.15, -0.1) is 0 Å². The van der Waals surface area contributed by atoms with E-state index in [-0.39, 0.29) is 58.9 Å². The zero-order valence-corrected chi connectivity index (χ0v) is 44.8. The smallest absolute Gasteiger partial charge is 0.335 e. The standard InChI is InChI=1S/C34H35ClFN3O3.C26H27ClN2O4/c1-20(22-9-14-27(36)15-10-22)37-32(40)24-11-16-28-29(19-24)38-30(31(39-28)23-7-12-26(35)13-8-23)18-21-5-6-25(17-21)33(41)42-34(2,3)4;1-26(2,3)33-25(32)18-5-4-15(12-18)13-22-23(16-6-9-19(27)10-7-16)29-20-11-8-17(24(30)31)14-21(20)28-22/h7-16,19-21,25H,5-6,17-18H2,1-4H3,(H,37,40);6-11,14-15,18H,4-5,12-13H2,1-3H3,(H,30,31)/t20-,21?,25?;/m1./s1. The number of carbonyl (C=O) groups is 4. The van der Waals surface area contributed by atoms with Gasteiger partial charge in [-0.1, -0.05) is 59.6 Å². The number of ether oxygens (including phenoxy) is 2. The van der Waals surface area contributed by atoms with Crippen LogP contribution in [0.4, 0.5) is 4.39 Å². The van der Waals surface area contributed by atoms with Crippen molar-refractivity contribution in [3.8, 4) is 22.5 Å². The molecule has 0 saturated heterocycles. The first kappa shape index (κ1) is 54.4. The fraction of sp³-hybridized carbons (Fsp3) is 0.367. The molecule has 0 bridgehead atoms. The summed E-state index contributed by atoms with van der Waals surface area (Å²) in [5.41, 5.74) is 7.82. The second-order valence-electron chi connectivity index (χ2n) is 21.7. The maximum Gasteiger partial charge on any atom is 0.335 e. The molecule has 12 nitrogen and oxygen atoms in total. The molecule has 2 aromatic heterocycles. The molecule has 15 heteroatoms. The molecule has 5 aromatic carbocycles. The number of esters is 2. The summed E-state index contributed by atoms with van der Waals surface area (Å²) in [5, 5.41) is 13.6. The van der Waals surface area contributed by atoms with Crippen molar-refractivity contribution in [2.24, 2.45) is 23.7 Å². The second-order valence-corrected chi connectivity index (χ2v) is 22.6. The summed E-state index contributed by atoms with van der Waals surface area (Å²) in [4.78, 5) is 69.5. The van der Waals surface area contributed by atoms with E-state index in [1.54, 1.807) is 42.5 Å². The summed E-state index contributed by atoms with van der Waals surface area (Å²) < 4.78 is 24.6. The maximum absolute atomic E-state index is 13.3. The van der Waals surface area contributed by atoms with E-state index in [9.17, 15) is 28.7 Å². The zero-order chi connectivity index (χ0) is 53.8. The number of rotatable bonds is 12. The zero-order valence-electron chi connectivity index (χ0n) is 43.3. The number of hydrogen-bond acceptors (Lipinski definition) is 10. The van der Waals surface area contributed by atoms with Crippen molar-refractivity contribution >= 4 is 69.1 Å². The fourth-order valence-electron chi connectivity index (χ4n) is 9.80. The molecule has 2 aliphatic rings. The number of amides is 1. The van der Waals surface area contributed by atoms with Crippen LogP contribution in [0.2, 0.25) is 10.0 Å². The molecule has 0 aliphatic heterocycles. The van der Waals surface area contributed by atoms with Crippen molar-refractivity contribution in [1.82, 2.24) is 25.3 Å². The molecule has 2 N–H and O–H groups in total. The van der Waals surface area contributed by atoms with Gasteiger partial charge in [-0.25, -0.2) is 29.1 Å². The summed E-state index contributed by atoms with van der Waals surface area (Å²) in [6.07, 6.45) is 6.15. The first-order chi connectivity index (χ1) is 35.5. The number of halogens is 3. The van der Waals surface area contributed by atoms with E-state index in [2.05, 4.69) is 5.32 Å². The predicted octanol–water partition coefficient (Wildman–Crippen LogP) is 13.8. The Labute approximate surface area is 446 Å². The van der Waals surface area contributed by atoms with Crippen LogP contribution in [-0.2, 0) is 31.9 Å². The molecule has 0 spiro atoms. The largest absolute Gasteiger partial charge is 0.478 e. The summed E-state index contributed by atoms with van der Waals surface area (Å²) in [5.74, 6) is -1.58. The molecule has 2 aliphatic carbocycles. The van der Waals surface area contributed by atoms with Gasteiger partial charge in [-0.05, 0) is 190 Å². The lowest BCUT2D eigenvalue weighted by atomic mass is 9.96. The molecule has 0 radical (unpaired) electrons. The minimum absolute atomic E-state index is 0.111. The Balaban J connectivity index is 0.000000205. The highest BCUT2D eigenvalue weighted by atomic mass is 35.5. The number of carboxylic acid groups (broad SMARTS) is 1. The van der Waals surface area contributed by atoms with Crippen LogP contribution in [0.5, 0.6) is 0 Å². The van der Waals surface area contributed by atoms with E-state index in [0.717, 1.165) is 78.0 Å². The molecule has 390 valence electrons. The van der Waals surface area contributed by atoms with Gasteiger partial charge in [0.1, 0.15) is 17.0 Å². The summed E-state index contributed by atoms with van der Waals surface area (Å²) in [6, 6.07) is 30.8. The number of aromatic carboxylic acids is 1. The van der Waals surface area contributed by atoms with E-state index in [4.69, 9.17) is 52.6 Å². The summed E-state index contributed by atoms with van der Waals surface area (Å²) in [6.45, 7) is 13.2. The molecular weight excluding hydrogens is 993 g/mol. The van der Waals surface area contributed by atoms with E-state index in [1.807, 2.05) is 97.0 Å². The molecule has 2 saturated carbocycles. The molecule has 2 heterocycles. The Hall–Kier alpha value is -6.83. The van der Waals surface area contributed by atoms with Crippen molar-refractivity contribution in [3.05, 3.63) is 153 Å². The van der Waals surface area contributed by atoms with Crippen LogP contribution in [0, 0.1) is 29.5 Å². The van der Waals surface area contributed by atoms with Gasteiger partial charge in [-0.3, -0.25) is 14.4 Å². The minimum atomic E-state index is -1.00. The van der Waals surface area contributed by atoms with E-state index < -0.39 is 17.2 Å². The van der Waals surface area contributed by atoms with Gasteiger partial charge < -0.3 is 19.9 Å². The first-order valence-electron chi connectivity index (χ1n) is 25.4. The third-order valence-corrected chi connectivity index (χ3v) is 14.0. The third kappa shape index (κ3) is 14.3. The number of carbonyl (C=O) groups excluding carboxylic acids is 3. The number of hydrogen-bond donors (Lipinski definition) is 2. The molecule has 2 fully saturated rings. The van der Waals surface area contributed by atoms with Crippen molar-refractivity contribution in [1.29, 1.82) is 0 Å². The highest BCUT2D eigenvalue weighted by Crippen LogP contribution is 2.39. The van der Waals surface area contributed by atoms with Crippen LogP contribution in [0.25, 0.3) is 44.6 Å². The summed E-state index contributed by atoms with van der Waals surface area (Å²) >= 11 is 12.2. The Morgan fingerprint density at radius 3 is 1.45 bits per heavy atom. The van der Waals surface area contributed by atoms with Gasteiger partial charge in [0.2, 0.25) is 0 Å². The number of aromatic nitrogens is 4. The van der Waals surface area contributed by atoms with E-state index in [0.29, 0.717) is 50.5 Å². The fourth-order valence-corrected chi connectivity index (χ4v) is 10.1. The SMILES string of the molecule is CC(C)(C)OC(=O)C1CCC(Cc2nc3cc(C(=O)O)ccc3nc2-c2ccc(Cl)cc2)C1.C[C@@H](NC(=O)c1ccc2nc(-c3ccc(Cl)cc3)c(CC3CCC(C(=O)OC(C)(C)C)C3)nc2c1)c1ccc(F)cc1. The Bertz CT molecular complexity index is 3230. The average Bonchev–Trinajstić information content (AvgIpc) is 4.04. The number of nitrogens with zero attached hydrogens (tertiary/aromatic N) is 4. The molecule has 7 aromatic rings. The van der Waals surface area contributed by atoms with Crippen LogP contribution in [0.15, 0.2) is 109 Å². The van der Waals surface area contributed by atoms with Crippen molar-refractivity contribution in [3.63, 3.8) is 0 Å². The molecule has 75 heavy (non-hydrogen) atoms. The second kappa shape index (κ2) is 23.0. The Morgan fingerprint density at radius 1 is 0.600 bits per heavy atom. The van der Waals surface area contributed by atoms with Gasteiger partial charge in [0.05, 0.1) is 68.3 Å². The molecule has 1 amide bonds. The average molecular weight is 1060 g/mol. The first-order valence-corrected chi connectivity index (χ1v) is 26.2. The quantitative estimate of drug-likeness (QED) is 0.112. The Morgan fingerprint density at radius 2 is 1.03 bits per heavy atom. The van der Waals surface area contributed by atoms with E-state index >= 15 is 0 Å². The topological polar surface area (TPSA) is 171 Å². The highest BCUT2D eigenvalue weighted by Gasteiger charge is 2.35. The number of nitrogens with one attached hydrogen (secondary N) is 1. The summed E-state index contributed by atoms with van der Waals surface area (Å²) in [7, 11) is 0. The number of benzene rings is 5. The van der Waals surface area contributed by atoms with Crippen LogP contribution < -0.4 is 5.32 Å². The van der Waals surface area contributed by atoms with Crippen LogP contribution >= 0.6 is 23.2 Å². The lowest BCUT2D eigenvalue weighted by Crippen LogP contribution is -2.27. The highest BCUT2D eigenvalue weighted by molar-refractivity contribution is 6.31. The van der Waals surface area contributed by atoms with Gasteiger partial charge in [0.15, 0.2) is 0 Å². The molecular formula is C60H62Cl2FN5O7. The Kier molecular flexibility index (Phi) is 16.7. The molecule has 9 rings (SSSR count). The van der Waals surface area contributed by atoms with Gasteiger partial charge in [0.25, 0.3) is 5.91 Å². The number of carboxylic acids is 1. The predicted molar refractivity (Wildman–Crippen MR) is 290 cm³/mol. The van der Waals surface area contributed by atoms with Crippen molar-refractivity contribution < 1.29 is 38.1 Å².